The maximum Gasteiger partial charge on any atom is 0.236 e. The molecule has 13 heavy (non-hydrogen) atoms. The molecule has 1 aliphatic carbocycles. The van der Waals surface area contributed by atoms with Gasteiger partial charge in [-0.2, -0.15) is 0 Å². The molecule has 0 bridgehead atoms. The molecule has 0 saturated heterocycles. The molecule has 0 heterocycles. The molecule has 76 valence electrons. The molecule has 3 nitrogen and oxygen atoms in total. The van der Waals surface area contributed by atoms with Gasteiger partial charge >= 0.3 is 0 Å². The van der Waals surface area contributed by atoms with Gasteiger partial charge in [-0.15, -0.1) is 0 Å². The van der Waals surface area contributed by atoms with Gasteiger partial charge in [-0.25, -0.2) is 0 Å². The first-order valence-corrected chi connectivity index (χ1v) is 4.77. The molecule has 1 fully saturated rings. The van der Waals surface area contributed by atoms with Crippen LogP contribution in [0.2, 0.25) is 0 Å². The first-order chi connectivity index (χ1) is 5.71. The van der Waals surface area contributed by atoms with Crippen molar-refractivity contribution in [3.8, 4) is 0 Å². The summed E-state index contributed by atoms with van der Waals surface area (Å²) in [5, 5.41) is 2.97. The van der Waals surface area contributed by atoms with Crippen LogP contribution < -0.4 is 11.1 Å². The van der Waals surface area contributed by atoms with Crippen LogP contribution in [0.3, 0.4) is 0 Å². The summed E-state index contributed by atoms with van der Waals surface area (Å²) in [4.78, 5) is 11.3. The topological polar surface area (TPSA) is 55.1 Å². The smallest absolute Gasteiger partial charge is 0.236 e. The molecule has 0 aromatic heterocycles. The van der Waals surface area contributed by atoms with Crippen LogP contribution in [0.25, 0.3) is 0 Å². The Balaban J connectivity index is 2.56. The van der Waals surface area contributed by atoms with Crippen molar-refractivity contribution in [2.24, 2.45) is 16.6 Å². The quantitative estimate of drug-likeness (QED) is 0.669. The SMILES string of the molecule is C[C@@H](N)C(=O)NC1C(C)(C)C1(C)C. The lowest BCUT2D eigenvalue weighted by molar-refractivity contribution is -0.122. The lowest BCUT2D eigenvalue weighted by atomic mass is 10.0. The van der Waals surface area contributed by atoms with E-state index in [2.05, 4.69) is 33.0 Å². The molecule has 1 saturated carbocycles. The molecular formula is C10H20N2O. The van der Waals surface area contributed by atoms with E-state index in [1.165, 1.54) is 0 Å². The zero-order valence-corrected chi connectivity index (χ0v) is 9.14. The summed E-state index contributed by atoms with van der Waals surface area (Å²) in [5.41, 5.74) is 5.86. The van der Waals surface area contributed by atoms with E-state index in [0.29, 0.717) is 0 Å². The lowest BCUT2D eigenvalue weighted by Crippen LogP contribution is -2.41. The second-order valence-electron chi connectivity index (χ2n) is 5.17. The molecule has 3 heteroatoms. The normalized spacial score (nSPS) is 26.6. The lowest BCUT2D eigenvalue weighted by Gasteiger charge is -2.08. The maximum absolute atomic E-state index is 11.3. The van der Waals surface area contributed by atoms with Crippen molar-refractivity contribution in [3.63, 3.8) is 0 Å². The highest BCUT2D eigenvalue weighted by Crippen LogP contribution is 2.62. The average Bonchev–Trinajstić information content (AvgIpc) is 2.32. The van der Waals surface area contributed by atoms with E-state index in [-0.39, 0.29) is 22.8 Å². The molecule has 1 amide bonds. The van der Waals surface area contributed by atoms with Crippen LogP contribution in [0.15, 0.2) is 0 Å². The number of nitrogens with two attached hydrogens (primary N) is 1. The third kappa shape index (κ3) is 1.46. The van der Waals surface area contributed by atoms with Gasteiger partial charge < -0.3 is 11.1 Å². The summed E-state index contributed by atoms with van der Waals surface area (Å²) in [6, 6.07) is -0.148. The highest BCUT2D eigenvalue weighted by molar-refractivity contribution is 5.82. The molecule has 0 unspecified atom stereocenters. The highest BCUT2D eigenvalue weighted by atomic mass is 16.2. The molecule has 0 aliphatic heterocycles. The minimum absolute atomic E-state index is 0.0522. The Morgan fingerprint density at radius 3 is 1.92 bits per heavy atom. The van der Waals surface area contributed by atoms with E-state index in [9.17, 15) is 4.79 Å². The number of carbonyl (C=O) groups is 1. The first-order valence-electron chi connectivity index (χ1n) is 4.77. The fourth-order valence-electron chi connectivity index (χ4n) is 1.83. The van der Waals surface area contributed by atoms with Crippen molar-refractivity contribution in [2.45, 2.75) is 46.7 Å². The third-order valence-corrected chi connectivity index (χ3v) is 3.72. The van der Waals surface area contributed by atoms with Gasteiger partial charge in [-0.1, -0.05) is 27.7 Å². The van der Waals surface area contributed by atoms with Gasteiger partial charge in [0.2, 0.25) is 5.91 Å². The predicted molar refractivity (Wildman–Crippen MR) is 53.1 cm³/mol. The van der Waals surface area contributed by atoms with Crippen LogP contribution in [0.4, 0.5) is 0 Å². The average molecular weight is 184 g/mol. The third-order valence-electron chi connectivity index (χ3n) is 3.72. The van der Waals surface area contributed by atoms with Gasteiger partial charge in [-0.05, 0) is 17.8 Å². The van der Waals surface area contributed by atoms with E-state index in [1.807, 2.05) is 0 Å². The first kappa shape index (κ1) is 10.5. The number of nitrogens with one attached hydrogen (secondary N) is 1. The molecular weight excluding hydrogens is 164 g/mol. The summed E-state index contributed by atoms with van der Waals surface area (Å²) in [6.07, 6.45) is 0. The summed E-state index contributed by atoms with van der Waals surface area (Å²) in [7, 11) is 0. The highest BCUT2D eigenvalue weighted by Gasteiger charge is 2.65. The number of rotatable bonds is 2. The van der Waals surface area contributed by atoms with Gasteiger partial charge in [-0.3, -0.25) is 4.79 Å². The second-order valence-corrected chi connectivity index (χ2v) is 5.17. The zero-order valence-electron chi connectivity index (χ0n) is 9.14. The Bertz CT molecular complexity index is 217. The Hall–Kier alpha value is -0.570. The molecule has 1 atom stereocenters. The fraction of sp³-hybridized carbons (Fsp3) is 0.900. The monoisotopic (exact) mass is 184 g/mol. The molecule has 0 spiro atoms. The molecule has 1 rings (SSSR count). The molecule has 3 N–H and O–H groups in total. The number of hydrogen-bond acceptors (Lipinski definition) is 2. The standard InChI is InChI=1S/C10H20N2O/c1-6(11)7(13)12-8-9(2,3)10(8,4)5/h6,8H,11H2,1-5H3,(H,12,13)/t6-/m1/s1. The second kappa shape index (κ2) is 2.71. The van der Waals surface area contributed by atoms with Crippen molar-refractivity contribution < 1.29 is 4.79 Å². The zero-order chi connectivity index (χ0) is 10.4. The largest absolute Gasteiger partial charge is 0.351 e. The van der Waals surface area contributed by atoms with E-state index in [0.717, 1.165) is 0 Å². The summed E-state index contributed by atoms with van der Waals surface area (Å²) >= 11 is 0. The summed E-state index contributed by atoms with van der Waals surface area (Å²) in [5.74, 6) is -0.0522. The van der Waals surface area contributed by atoms with Crippen LogP contribution >= 0.6 is 0 Å². The van der Waals surface area contributed by atoms with Gasteiger partial charge in [0.1, 0.15) is 0 Å². The van der Waals surface area contributed by atoms with E-state index < -0.39 is 6.04 Å². The Kier molecular flexibility index (Phi) is 2.19. The predicted octanol–water partition coefficient (Wildman–Crippen LogP) is 0.884. The van der Waals surface area contributed by atoms with E-state index >= 15 is 0 Å². The Labute approximate surface area is 80.1 Å². The van der Waals surface area contributed by atoms with Crippen molar-refractivity contribution >= 4 is 5.91 Å². The molecule has 0 radical (unpaired) electrons. The van der Waals surface area contributed by atoms with Gasteiger partial charge in [0.05, 0.1) is 6.04 Å². The van der Waals surface area contributed by atoms with E-state index in [4.69, 9.17) is 5.73 Å². The van der Waals surface area contributed by atoms with Gasteiger partial charge in [0.15, 0.2) is 0 Å². The van der Waals surface area contributed by atoms with Crippen molar-refractivity contribution in [2.75, 3.05) is 0 Å². The van der Waals surface area contributed by atoms with Crippen molar-refractivity contribution in [3.05, 3.63) is 0 Å². The number of hydrogen-bond donors (Lipinski definition) is 2. The van der Waals surface area contributed by atoms with Crippen molar-refractivity contribution in [1.29, 1.82) is 0 Å². The number of amides is 1. The maximum atomic E-state index is 11.3. The Morgan fingerprint density at radius 1 is 1.31 bits per heavy atom. The van der Waals surface area contributed by atoms with E-state index in [1.54, 1.807) is 6.92 Å². The van der Waals surface area contributed by atoms with Gasteiger partial charge in [0, 0.05) is 6.04 Å². The minimum atomic E-state index is -0.410. The molecule has 0 aromatic carbocycles. The summed E-state index contributed by atoms with van der Waals surface area (Å²) in [6.45, 7) is 10.4. The minimum Gasteiger partial charge on any atom is -0.351 e. The van der Waals surface area contributed by atoms with Crippen LogP contribution in [0.1, 0.15) is 34.6 Å². The van der Waals surface area contributed by atoms with Crippen molar-refractivity contribution in [1.82, 2.24) is 5.32 Å². The van der Waals surface area contributed by atoms with Crippen LogP contribution in [0.5, 0.6) is 0 Å². The summed E-state index contributed by atoms with van der Waals surface area (Å²) < 4.78 is 0. The molecule has 1 aliphatic rings. The van der Waals surface area contributed by atoms with Crippen LogP contribution in [-0.4, -0.2) is 18.0 Å². The van der Waals surface area contributed by atoms with Crippen LogP contribution in [-0.2, 0) is 4.79 Å². The van der Waals surface area contributed by atoms with Crippen LogP contribution in [0, 0.1) is 10.8 Å². The number of carbonyl (C=O) groups excluding carboxylic acids is 1. The molecule has 0 aromatic rings. The fourth-order valence-corrected chi connectivity index (χ4v) is 1.83. The Morgan fingerprint density at radius 2 is 1.69 bits per heavy atom. The van der Waals surface area contributed by atoms with Gasteiger partial charge in [0.25, 0.3) is 0 Å².